The maximum absolute atomic E-state index is 12.0. The van der Waals surface area contributed by atoms with Gasteiger partial charge in [-0.1, -0.05) is 26.8 Å². The molecule has 0 bridgehead atoms. The quantitative estimate of drug-likeness (QED) is 0.429. The molecule has 0 spiro atoms. The van der Waals surface area contributed by atoms with Crippen LogP contribution in [0.5, 0.6) is 0 Å². The smallest absolute Gasteiger partial charge is 0.342 e. The Morgan fingerprint density at radius 3 is 2.47 bits per heavy atom. The van der Waals surface area contributed by atoms with Gasteiger partial charge in [0.15, 0.2) is 5.60 Å². The van der Waals surface area contributed by atoms with E-state index >= 15 is 0 Å². The summed E-state index contributed by atoms with van der Waals surface area (Å²) in [6.07, 6.45) is 7.50. The molecule has 1 aliphatic rings. The second-order valence-corrected chi connectivity index (χ2v) is 5.56. The van der Waals surface area contributed by atoms with Crippen LogP contribution >= 0.6 is 0 Å². The summed E-state index contributed by atoms with van der Waals surface area (Å²) in [7, 11) is 0. The zero-order valence-corrected chi connectivity index (χ0v) is 11.0. The van der Waals surface area contributed by atoms with Crippen LogP contribution in [0.1, 0.15) is 40.5 Å². The topological polar surface area (TPSA) is 35.5 Å². The number of terminal acetylenes is 1. The fourth-order valence-corrected chi connectivity index (χ4v) is 1.71. The van der Waals surface area contributed by atoms with E-state index in [0.717, 1.165) is 0 Å². The van der Waals surface area contributed by atoms with Gasteiger partial charge in [-0.05, 0) is 0 Å². The van der Waals surface area contributed by atoms with Crippen LogP contribution in [0, 0.1) is 17.8 Å². The fourth-order valence-electron chi connectivity index (χ4n) is 1.71. The van der Waals surface area contributed by atoms with E-state index in [4.69, 9.17) is 15.9 Å². The molecule has 0 saturated carbocycles. The molecule has 0 aromatic rings. The van der Waals surface area contributed by atoms with Gasteiger partial charge in [0.25, 0.3) is 0 Å². The first-order chi connectivity index (χ1) is 7.71. The highest BCUT2D eigenvalue weighted by molar-refractivity contribution is 5.82. The Bertz CT molecular complexity index is 372. The molecule has 3 nitrogen and oxygen atoms in total. The van der Waals surface area contributed by atoms with Gasteiger partial charge < -0.3 is 9.47 Å². The number of esters is 1. The average molecular weight is 236 g/mol. The molecule has 94 valence electrons. The lowest BCUT2D eigenvalue weighted by atomic mass is 9.86. The highest BCUT2D eigenvalue weighted by atomic mass is 16.8. The molecule has 1 aliphatic heterocycles. The summed E-state index contributed by atoms with van der Waals surface area (Å²) < 4.78 is 11.3. The van der Waals surface area contributed by atoms with Gasteiger partial charge in [0.05, 0.1) is 0 Å². The maximum Gasteiger partial charge on any atom is 0.342 e. The van der Waals surface area contributed by atoms with Crippen molar-refractivity contribution < 1.29 is 14.3 Å². The van der Waals surface area contributed by atoms with E-state index in [-0.39, 0.29) is 11.8 Å². The SMILES string of the molecule is C#CC[C@]1(CC=C)O[C@](C)(C(C)(C)C)OC1=O. The number of hydrogen-bond acceptors (Lipinski definition) is 3. The Labute approximate surface area is 103 Å². The van der Waals surface area contributed by atoms with E-state index in [9.17, 15) is 4.79 Å². The van der Waals surface area contributed by atoms with E-state index in [1.807, 2.05) is 20.8 Å². The minimum absolute atomic E-state index is 0.198. The third-order valence-electron chi connectivity index (χ3n) is 3.27. The fraction of sp³-hybridized carbons (Fsp3) is 0.643. The first kappa shape index (κ1) is 13.8. The van der Waals surface area contributed by atoms with Gasteiger partial charge >= 0.3 is 5.97 Å². The summed E-state index contributed by atoms with van der Waals surface area (Å²) in [5.74, 6) is 1.13. The Balaban J connectivity index is 3.10. The number of rotatable bonds is 3. The van der Waals surface area contributed by atoms with Gasteiger partial charge in [0.1, 0.15) is 0 Å². The van der Waals surface area contributed by atoms with Crippen molar-refractivity contribution in [3.8, 4) is 12.3 Å². The van der Waals surface area contributed by atoms with Gasteiger partial charge in [0, 0.05) is 25.2 Å². The molecule has 17 heavy (non-hydrogen) atoms. The molecule has 0 radical (unpaired) electrons. The lowest BCUT2D eigenvalue weighted by molar-refractivity contribution is -0.231. The maximum atomic E-state index is 12.0. The number of carbonyl (C=O) groups excluding carboxylic acids is 1. The summed E-state index contributed by atoms with van der Waals surface area (Å²) in [5.41, 5.74) is -1.39. The highest BCUT2D eigenvalue weighted by Gasteiger charge is 2.59. The lowest BCUT2D eigenvalue weighted by Gasteiger charge is -2.36. The molecule has 1 rings (SSSR count). The highest BCUT2D eigenvalue weighted by Crippen LogP contribution is 2.46. The van der Waals surface area contributed by atoms with Crippen molar-refractivity contribution in [2.24, 2.45) is 5.41 Å². The van der Waals surface area contributed by atoms with Gasteiger partial charge in [-0.15, -0.1) is 18.9 Å². The van der Waals surface area contributed by atoms with E-state index in [1.54, 1.807) is 13.0 Å². The predicted molar refractivity (Wildman–Crippen MR) is 66.0 cm³/mol. The van der Waals surface area contributed by atoms with Crippen LogP contribution in [0.25, 0.3) is 0 Å². The third-order valence-corrected chi connectivity index (χ3v) is 3.27. The van der Waals surface area contributed by atoms with Crippen LogP contribution in [0.15, 0.2) is 12.7 Å². The van der Waals surface area contributed by atoms with Crippen LogP contribution < -0.4 is 0 Å². The number of cyclic esters (lactones) is 1. The molecule has 1 heterocycles. The van der Waals surface area contributed by atoms with Crippen molar-refractivity contribution in [2.45, 2.75) is 51.9 Å². The van der Waals surface area contributed by atoms with Crippen molar-refractivity contribution >= 4 is 5.97 Å². The molecule has 0 amide bonds. The summed E-state index contributed by atoms with van der Waals surface area (Å²) >= 11 is 0. The van der Waals surface area contributed by atoms with Crippen LogP contribution in [0.3, 0.4) is 0 Å². The molecule has 0 aliphatic carbocycles. The number of carbonyl (C=O) groups is 1. The Kier molecular flexibility index (Phi) is 3.40. The molecule has 1 fully saturated rings. The second-order valence-electron chi connectivity index (χ2n) is 5.56. The summed E-state index contributed by atoms with van der Waals surface area (Å²) in [6, 6.07) is 0. The van der Waals surface area contributed by atoms with Crippen molar-refractivity contribution in [3.63, 3.8) is 0 Å². The molecule has 1 saturated heterocycles. The molecule has 0 aromatic heterocycles. The van der Waals surface area contributed by atoms with Gasteiger partial charge in [-0.3, -0.25) is 0 Å². The first-order valence-electron chi connectivity index (χ1n) is 5.69. The van der Waals surface area contributed by atoms with E-state index in [0.29, 0.717) is 6.42 Å². The Morgan fingerprint density at radius 2 is 2.12 bits per heavy atom. The van der Waals surface area contributed by atoms with Gasteiger partial charge in [-0.25, -0.2) is 4.79 Å². The van der Waals surface area contributed by atoms with E-state index in [1.165, 1.54) is 0 Å². The first-order valence-corrected chi connectivity index (χ1v) is 5.69. The third kappa shape index (κ3) is 2.23. The van der Waals surface area contributed by atoms with Crippen molar-refractivity contribution in [3.05, 3.63) is 12.7 Å². The Morgan fingerprint density at radius 1 is 1.53 bits per heavy atom. The van der Waals surface area contributed by atoms with Crippen LogP contribution in [-0.4, -0.2) is 17.4 Å². The number of ether oxygens (including phenoxy) is 2. The molecule has 0 aromatic carbocycles. The van der Waals surface area contributed by atoms with Crippen molar-refractivity contribution in [1.82, 2.24) is 0 Å². The molecular weight excluding hydrogens is 216 g/mol. The summed E-state index contributed by atoms with van der Waals surface area (Å²) in [4.78, 5) is 12.0. The van der Waals surface area contributed by atoms with E-state index < -0.39 is 17.4 Å². The molecule has 2 atom stereocenters. The van der Waals surface area contributed by atoms with Gasteiger partial charge in [0.2, 0.25) is 5.79 Å². The van der Waals surface area contributed by atoms with Crippen LogP contribution in [0.4, 0.5) is 0 Å². The zero-order valence-electron chi connectivity index (χ0n) is 11.0. The normalized spacial score (nSPS) is 33.0. The lowest BCUT2D eigenvalue weighted by Crippen LogP contribution is -2.43. The minimum Gasteiger partial charge on any atom is -0.431 e. The van der Waals surface area contributed by atoms with Gasteiger partial charge in [-0.2, -0.15) is 0 Å². The molecule has 0 N–H and O–H groups in total. The molecular formula is C14H20O3. The van der Waals surface area contributed by atoms with Crippen LogP contribution in [-0.2, 0) is 14.3 Å². The zero-order chi connectivity index (χ0) is 13.3. The van der Waals surface area contributed by atoms with Crippen molar-refractivity contribution in [2.75, 3.05) is 0 Å². The molecule has 3 heteroatoms. The summed E-state index contributed by atoms with van der Waals surface area (Å²) in [6.45, 7) is 11.3. The average Bonchev–Trinajstić information content (AvgIpc) is 2.40. The van der Waals surface area contributed by atoms with E-state index in [2.05, 4.69) is 12.5 Å². The number of hydrogen-bond donors (Lipinski definition) is 0. The molecule has 0 unspecified atom stereocenters. The summed E-state index contributed by atoms with van der Waals surface area (Å²) in [5, 5.41) is 0. The predicted octanol–water partition coefficient (Wildman–Crippen LogP) is 2.66. The Hall–Kier alpha value is -1.27. The van der Waals surface area contributed by atoms with Crippen LogP contribution in [0.2, 0.25) is 0 Å². The standard InChI is InChI=1S/C14H20O3/c1-7-9-14(10-8-2)11(15)16-13(6,17-14)12(3,4)5/h1,8H,2,9-10H2,3-6H3/t13-,14-/m1/s1. The monoisotopic (exact) mass is 236 g/mol. The van der Waals surface area contributed by atoms with Crippen molar-refractivity contribution in [1.29, 1.82) is 0 Å². The minimum atomic E-state index is -1.07. The second kappa shape index (κ2) is 4.19. The largest absolute Gasteiger partial charge is 0.431 e.